The van der Waals surface area contributed by atoms with Crippen LogP contribution in [0.15, 0.2) is 91.0 Å². The molecule has 0 atom stereocenters. The first kappa shape index (κ1) is 17.9. The second kappa shape index (κ2) is 8.45. The van der Waals surface area contributed by atoms with Crippen molar-refractivity contribution in [2.45, 2.75) is 12.5 Å². The maximum Gasteiger partial charge on any atom is 0.233 e. The number of likely N-dealkylation sites (N-methyl/N-ethyl adjacent to an activating group) is 1. The van der Waals surface area contributed by atoms with Crippen LogP contribution in [0, 0.1) is 0 Å². The molecule has 3 aromatic rings. The SMILES string of the molecule is CCNC(=O)CNC(c1ccccc1)(c1ccccc1)c1ccccc1. The van der Waals surface area contributed by atoms with E-state index in [2.05, 4.69) is 47.0 Å². The van der Waals surface area contributed by atoms with Crippen LogP contribution >= 0.6 is 0 Å². The first-order valence-corrected chi connectivity index (χ1v) is 8.95. The van der Waals surface area contributed by atoms with Gasteiger partial charge < -0.3 is 5.32 Å². The first-order chi connectivity index (χ1) is 12.8. The van der Waals surface area contributed by atoms with E-state index >= 15 is 0 Å². The monoisotopic (exact) mass is 344 g/mol. The van der Waals surface area contributed by atoms with Crippen molar-refractivity contribution >= 4 is 5.91 Å². The average molecular weight is 344 g/mol. The summed E-state index contributed by atoms with van der Waals surface area (Å²) in [5.41, 5.74) is 2.69. The Bertz CT molecular complexity index is 720. The minimum atomic E-state index is -0.602. The fraction of sp³-hybridized carbons (Fsp3) is 0.174. The zero-order valence-corrected chi connectivity index (χ0v) is 15.0. The Hall–Kier alpha value is -2.91. The van der Waals surface area contributed by atoms with Gasteiger partial charge in [0, 0.05) is 6.54 Å². The predicted molar refractivity (Wildman–Crippen MR) is 106 cm³/mol. The predicted octanol–water partition coefficient (Wildman–Crippen LogP) is 3.70. The van der Waals surface area contributed by atoms with Crippen molar-refractivity contribution in [2.24, 2.45) is 0 Å². The van der Waals surface area contributed by atoms with Gasteiger partial charge in [-0.15, -0.1) is 0 Å². The lowest BCUT2D eigenvalue weighted by atomic mass is 9.77. The van der Waals surface area contributed by atoms with Crippen LogP contribution in [0.2, 0.25) is 0 Å². The maximum absolute atomic E-state index is 12.2. The second-order valence-corrected chi connectivity index (χ2v) is 6.16. The van der Waals surface area contributed by atoms with Crippen molar-refractivity contribution in [3.8, 4) is 0 Å². The molecule has 0 radical (unpaired) electrons. The number of benzene rings is 3. The van der Waals surface area contributed by atoms with Crippen LogP contribution in [0.25, 0.3) is 0 Å². The van der Waals surface area contributed by atoms with Crippen LogP contribution < -0.4 is 10.6 Å². The number of hydrogen-bond acceptors (Lipinski definition) is 2. The normalized spacial score (nSPS) is 11.1. The van der Waals surface area contributed by atoms with Crippen LogP contribution in [0.1, 0.15) is 23.6 Å². The highest BCUT2D eigenvalue weighted by atomic mass is 16.1. The van der Waals surface area contributed by atoms with Crippen LogP contribution in [0.5, 0.6) is 0 Å². The molecule has 0 aliphatic heterocycles. The van der Waals surface area contributed by atoms with E-state index in [1.54, 1.807) is 0 Å². The number of nitrogens with one attached hydrogen (secondary N) is 2. The van der Waals surface area contributed by atoms with Crippen LogP contribution in [-0.4, -0.2) is 19.0 Å². The van der Waals surface area contributed by atoms with Gasteiger partial charge in [-0.25, -0.2) is 0 Å². The molecule has 0 bridgehead atoms. The summed E-state index contributed by atoms with van der Waals surface area (Å²) in [6.07, 6.45) is 0. The topological polar surface area (TPSA) is 41.1 Å². The Kier molecular flexibility index (Phi) is 5.82. The molecule has 0 aliphatic rings. The van der Waals surface area contributed by atoms with E-state index in [1.807, 2.05) is 61.5 Å². The highest BCUT2D eigenvalue weighted by Gasteiger charge is 2.36. The number of hydrogen-bond donors (Lipinski definition) is 2. The summed E-state index contributed by atoms with van der Waals surface area (Å²) in [5, 5.41) is 6.43. The van der Waals surface area contributed by atoms with Gasteiger partial charge in [-0.3, -0.25) is 10.1 Å². The Labute approximate surface area is 155 Å². The number of amides is 1. The largest absolute Gasteiger partial charge is 0.355 e. The molecule has 3 heteroatoms. The third-order valence-electron chi connectivity index (χ3n) is 4.51. The summed E-state index contributed by atoms with van der Waals surface area (Å²) in [5.74, 6) is -0.0142. The summed E-state index contributed by atoms with van der Waals surface area (Å²) in [6, 6.07) is 30.8. The van der Waals surface area contributed by atoms with Crippen LogP contribution in [0.3, 0.4) is 0 Å². The van der Waals surface area contributed by atoms with Crippen molar-refractivity contribution in [2.75, 3.05) is 13.1 Å². The maximum atomic E-state index is 12.2. The van der Waals surface area contributed by atoms with E-state index < -0.39 is 5.54 Å². The molecular weight excluding hydrogens is 320 g/mol. The summed E-state index contributed by atoms with van der Waals surface area (Å²) >= 11 is 0. The van der Waals surface area contributed by atoms with E-state index in [4.69, 9.17) is 0 Å². The van der Waals surface area contributed by atoms with E-state index in [1.165, 1.54) is 0 Å². The van der Waals surface area contributed by atoms with Gasteiger partial charge in [-0.2, -0.15) is 0 Å². The lowest BCUT2D eigenvalue weighted by Crippen LogP contribution is -2.48. The molecule has 0 aromatic heterocycles. The lowest BCUT2D eigenvalue weighted by Gasteiger charge is -2.37. The molecular formula is C23H24N2O. The molecule has 132 valence electrons. The minimum Gasteiger partial charge on any atom is -0.355 e. The quantitative estimate of drug-likeness (QED) is 0.642. The molecule has 0 aliphatic carbocycles. The molecule has 3 nitrogen and oxygen atoms in total. The Morgan fingerprint density at radius 2 is 1.12 bits per heavy atom. The summed E-state index contributed by atoms with van der Waals surface area (Å²) in [7, 11) is 0. The van der Waals surface area contributed by atoms with E-state index in [0.717, 1.165) is 16.7 Å². The second-order valence-electron chi connectivity index (χ2n) is 6.16. The number of carbonyl (C=O) groups excluding carboxylic acids is 1. The van der Waals surface area contributed by atoms with Crippen LogP contribution in [-0.2, 0) is 10.3 Å². The van der Waals surface area contributed by atoms with Crippen molar-refractivity contribution in [3.05, 3.63) is 108 Å². The zero-order chi connectivity index (χ0) is 18.2. The molecule has 1 amide bonds. The zero-order valence-electron chi connectivity index (χ0n) is 15.0. The molecule has 0 fully saturated rings. The Balaban J connectivity index is 2.16. The standard InChI is InChI=1S/C23H24N2O/c1-2-24-22(26)18-25-23(19-12-6-3-7-13-19,20-14-8-4-9-15-20)21-16-10-5-11-17-21/h3-17,25H,2,18H2,1H3,(H,24,26). The van der Waals surface area contributed by atoms with Gasteiger partial charge in [0.25, 0.3) is 0 Å². The molecule has 0 saturated heterocycles. The summed E-state index contributed by atoms with van der Waals surface area (Å²) in [6.45, 7) is 2.78. The molecule has 0 unspecified atom stereocenters. The molecule has 0 saturated carbocycles. The Morgan fingerprint density at radius 3 is 1.46 bits per heavy atom. The van der Waals surface area contributed by atoms with Gasteiger partial charge in [-0.1, -0.05) is 91.0 Å². The van der Waals surface area contributed by atoms with Gasteiger partial charge >= 0.3 is 0 Å². The molecule has 0 heterocycles. The van der Waals surface area contributed by atoms with Crippen molar-refractivity contribution < 1.29 is 4.79 Å². The number of rotatable bonds is 7. The van der Waals surface area contributed by atoms with Crippen molar-refractivity contribution in [1.29, 1.82) is 0 Å². The van der Waals surface area contributed by atoms with E-state index in [-0.39, 0.29) is 12.5 Å². The highest BCUT2D eigenvalue weighted by Crippen LogP contribution is 2.36. The van der Waals surface area contributed by atoms with Gasteiger partial charge in [-0.05, 0) is 23.6 Å². The number of carbonyl (C=O) groups is 1. The third-order valence-corrected chi connectivity index (χ3v) is 4.51. The van der Waals surface area contributed by atoms with Gasteiger partial charge in [0.05, 0.1) is 12.1 Å². The van der Waals surface area contributed by atoms with E-state index in [9.17, 15) is 4.79 Å². The average Bonchev–Trinajstić information content (AvgIpc) is 2.71. The van der Waals surface area contributed by atoms with Crippen LogP contribution in [0.4, 0.5) is 0 Å². The molecule has 3 rings (SSSR count). The van der Waals surface area contributed by atoms with Gasteiger partial charge in [0.1, 0.15) is 0 Å². The minimum absolute atomic E-state index is 0.0142. The first-order valence-electron chi connectivity index (χ1n) is 8.95. The molecule has 2 N–H and O–H groups in total. The highest BCUT2D eigenvalue weighted by molar-refractivity contribution is 5.78. The van der Waals surface area contributed by atoms with Crippen molar-refractivity contribution in [1.82, 2.24) is 10.6 Å². The molecule has 0 spiro atoms. The Morgan fingerprint density at radius 1 is 0.731 bits per heavy atom. The van der Waals surface area contributed by atoms with Gasteiger partial charge in [0.2, 0.25) is 5.91 Å². The smallest absolute Gasteiger partial charge is 0.233 e. The van der Waals surface area contributed by atoms with Gasteiger partial charge in [0.15, 0.2) is 0 Å². The third kappa shape index (κ3) is 3.68. The van der Waals surface area contributed by atoms with E-state index in [0.29, 0.717) is 6.54 Å². The summed E-state index contributed by atoms with van der Waals surface area (Å²) < 4.78 is 0. The molecule has 3 aromatic carbocycles. The lowest BCUT2D eigenvalue weighted by molar-refractivity contribution is -0.120. The molecule has 26 heavy (non-hydrogen) atoms. The fourth-order valence-electron chi connectivity index (χ4n) is 3.34. The van der Waals surface area contributed by atoms with Crippen molar-refractivity contribution in [3.63, 3.8) is 0 Å². The fourth-order valence-corrected chi connectivity index (χ4v) is 3.34. The summed E-state index contributed by atoms with van der Waals surface area (Å²) in [4.78, 5) is 12.2.